The SMILES string of the molecule is Cc1nc(Nc2ccc(Cl)cn2)sc1C(=O)NC1CCC(C)CC1. The van der Waals surface area contributed by atoms with Gasteiger partial charge < -0.3 is 10.6 Å². The molecule has 1 aliphatic rings. The zero-order chi connectivity index (χ0) is 17.1. The quantitative estimate of drug-likeness (QED) is 0.835. The first-order valence-corrected chi connectivity index (χ1v) is 9.37. The van der Waals surface area contributed by atoms with E-state index >= 15 is 0 Å². The van der Waals surface area contributed by atoms with E-state index in [4.69, 9.17) is 11.6 Å². The van der Waals surface area contributed by atoms with E-state index in [2.05, 4.69) is 27.5 Å². The van der Waals surface area contributed by atoms with Crippen LogP contribution in [0.1, 0.15) is 48.0 Å². The fourth-order valence-electron chi connectivity index (χ4n) is 2.88. The van der Waals surface area contributed by atoms with Crippen molar-refractivity contribution in [3.05, 3.63) is 33.9 Å². The summed E-state index contributed by atoms with van der Waals surface area (Å²) in [6.45, 7) is 4.13. The van der Waals surface area contributed by atoms with E-state index in [0.29, 0.717) is 20.8 Å². The third-order valence-electron chi connectivity index (χ3n) is 4.32. The van der Waals surface area contributed by atoms with Gasteiger partial charge in [0, 0.05) is 12.2 Å². The molecule has 0 aliphatic heterocycles. The molecule has 1 aliphatic carbocycles. The van der Waals surface area contributed by atoms with Crippen LogP contribution in [0.5, 0.6) is 0 Å². The maximum atomic E-state index is 12.5. The second-order valence-corrected chi connectivity index (χ2v) is 7.79. The number of amides is 1. The van der Waals surface area contributed by atoms with Crippen LogP contribution in [0.3, 0.4) is 0 Å². The van der Waals surface area contributed by atoms with Gasteiger partial charge in [0.05, 0.1) is 10.7 Å². The highest BCUT2D eigenvalue weighted by atomic mass is 35.5. The molecule has 2 N–H and O–H groups in total. The number of anilines is 2. The highest BCUT2D eigenvalue weighted by molar-refractivity contribution is 7.17. The molecule has 128 valence electrons. The van der Waals surface area contributed by atoms with Crippen molar-refractivity contribution in [1.82, 2.24) is 15.3 Å². The summed E-state index contributed by atoms with van der Waals surface area (Å²) < 4.78 is 0. The average Bonchev–Trinajstić information content (AvgIpc) is 2.92. The van der Waals surface area contributed by atoms with Gasteiger partial charge in [-0.1, -0.05) is 29.9 Å². The van der Waals surface area contributed by atoms with E-state index in [1.807, 2.05) is 6.92 Å². The summed E-state index contributed by atoms with van der Waals surface area (Å²) in [6, 6.07) is 3.82. The Balaban J connectivity index is 1.64. The van der Waals surface area contributed by atoms with Gasteiger partial charge in [-0.2, -0.15) is 0 Å². The Morgan fingerprint density at radius 1 is 1.29 bits per heavy atom. The number of nitrogens with one attached hydrogen (secondary N) is 2. The first-order chi connectivity index (χ1) is 11.5. The Morgan fingerprint density at radius 3 is 2.71 bits per heavy atom. The van der Waals surface area contributed by atoms with Gasteiger partial charge in [-0.25, -0.2) is 9.97 Å². The molecule has 3 rings (SSSR count). The number of pyridine rings is 1. The number of hydrogen-bond donors (Lipinski definition) is 2. The summed E-state index contributed by atoms with van der Waals surface area (Å²) in [7, 11) is 0. The van der Waals surface area contributed by atoms with Crippen molar-refractivity contribution in [2.45, 2.75) is 45.6 Å². The standard InChI is InChI=1S/C17H21ClN4OS/c1-10-3-6-13(7-4-10)21-16(23)15-11(2)20-17(24-15)22-14-8-5-12(18)9-19-14/h5,8-10,13H,3-4,6-7H2,1-2H3,(H,21,23)(H,19,20,22). The molecule has 0 aromatic carbocycles. The van der Waals surface area contributed by atoms with Crippen LogP contribution in [0.2, 0.25) is 5.02 Å². The molecule has 0 radical (unpaired) electrons. The molecule has 2 heterocycles. The number of aromatic nitrogens is 2. The van der Waals surface area contributed by atoms with Crippen molar-refractivity contribution in [3.8, 4) is 0 Å². The Bertz CT molecular complexity index is 708. The molecule has 0 bridgehead atoms. The molecule has 1 fully saturated rings. The summed E-state index contributed by atoms with van der Waals surface area (Å²) in [5.41, 5.74) is 0.734. The van der Waals surface area contributed by atoms with Gasteiger partial charge in [-0.15, -0.1) is 0 Å². The van der Waals surface area contributed by atoms with Crippen LogP contribution in [0.25, 0.3) is 0 Å². The zero-order valence-electron chi connectivity index (χ0n) is 13.8. The normalized spacial score (nSPS) is 20.6. The van der Waals surface area contributed by atoms with E-state index in [1.54, 1.807) is 18.3 Å². The lowest BCUT2D eigenvalue weighted by Gasteiger charge is -2.26. The number of halogens is 1. The molecule has 0 saturated heterocycles. The molecule has 2 aromatic rings. The molecule has 5 nitrogen and oxygen atoms in total. The number of nitrogens with zero attached hydrogens (tertiary/aromatic N) is 2. The first-order valence-electron chi connectivity index (χ1n) is 8.18. The number of hydrogen-bond acceptors (Lipinski definition) is 5. The number of carbonyl (C=O) groups excluding carboxylic acids is 1. The Kier molecular flexibility index (Phi) is 5.36. The second kappa shape index (κ2) is 7.49. The number of aryl methyl sites for hydroxylation is 1. The minimum atomic E-state index is -0.0262. The predicted octanol–water partition coefficient (Wildman–Crippen LogP) is 4.55. The molecule has 0 unspecified atom stereocenters. The summed E-state index contributed by atoms with van der Waals surface area (Å²) >= 11 is 7.18. The van der Waals surface area contributed by atoms with E-state index in [1.165, 1.54) is 24.2 Å². The fraction of sp³-hybridized carbons (Fsp3) is 0.471. The first kappa shape index (κ1) is 17.2. The highest BCUT2D eigenvalue weighted by Crippen LogP contribution is 2.27. The third kappa shape index (κ3) is 4.24. The second-order valence-electron chi connectivity index (χ2n) is 6.35. The lowest BCUT2D eigenvalue weighted by atomic mass is 9.87. The van der Waals surface area contributed by atoms with Gasteiger partial charge in [0.25, 0.3) is 5.91 Å². The van der Waals surface area contributed by atoms with Crippen LogP contribution in [-0.2, 0) is 0 Å². The van der Waals surface area contributed by atoms with Crippen molar-refractivity contribution in [2.75, 3.05) is 5.32 Å². The topological polar surface area (TPSA) is 66.9 Å². The van der Waals surface area contributed by atoms with Crippen molar-refractivity contribution in [1.29, 1.82) is 0 Å². The molecule has 24 heavy (non-hydrogen) atoms. The number of carbonyl (C=O) groups is 1. The Labute approximate surface area is 150 Å². The summed E-state index contributed by atoms with van der Waals surface area (Å²) in [6.07, 6.45) is 6.06. The molecule has 0 spiro atoms. The Morgan fingerprint density at radius 2 is 2.04 bits per heavy atom. The molecular formula is C17H21ClN4OS. The lowest BCUT2D eigenvalue weighted by molar-refractivity contribution is 0.0926. The van der Waals surface area contributed by atoms with Crippen LogP contribution < -0.4 is 10.6 Å². The van der Waals surface area contributed by atoms with Gasteiger partial charge in [0.15, 0.2) is 5.13 Å². The fourth-order valence-corrected chi connectivity index (χ4v) is 3.86. The predicted molar refractivity (Wildman–Crippen MR) is 98.3 cm³/mol. The van der Waals surface area contributed by atoms with Crippen LogP contribution in [0.15, 0.2) is 18.3 Å². The molecular weight excluding hydrogens is 344 g/mol. The summed E-state index contributed by atoms with van der Waals surface area (Å²) in [5.74, 6) is 1.40. The van der Waals surface area contributed by atoms with E-state index in [-0.39, 0.29) is 11.9 Å². The maximum absolute atomic E-state index is 12.5. The van der Waals surface area contributed by atoms with Gasteiger partial charge in [-0.05, 0) is 50.7 Å². The van der Waals surface area contributed by atoms with Crippen LogP contribution in [-0.4, -0.2) is 21.9 Å². The lowest BCUT2D eigenvalue weighted by Crippen LogP contribution is -2.37. The van der Waals surface area contributed by atoms with Gasteiger partial charge in [0.1, 0.15) is 10.7 Å². The summed E-state index contributed by atoms with van der Waals surface area (Å²) in [5, 5.41) is 7.50. The minimum absolute atomic E-state index is 0.0262. The van der Waals surface area contributed by atoms with E-state index in [0.717, 1.165) is 24.5 Å². The van der Waals surface area contributed by atoms with Gasteiger partial charge in [-0.3, -0.25) is 4.79 Å². The maximum Gasteiger partial charge on any atom is 0.263 e. The highest BCUT2D eigenvalue weighted by Gasteiger charge is 2.22. The van der Waals surface area contributed by atoms with Crippen LogP contribution in [0.4, 0.5) is 10.9 Å². The molecule has 1 saturated carbocycles. The Hall–Kier alpha value is -1.66. The van der Waals surface area contributed by atoms with Crippen molar-refractivity contribution in [2.24, 2.45) is 5.92 Å². The van der Waals surface area contributed by atoms with Crippen molar-refractivity contribution >= 4 is 39.8 Å². The number of thiazole rings is 1. The van der Waals surface area contributed by atoms with Gasteiger partial charge in [0.2, 0.25) is 0 Å². The van der Waals surface area contributed by atoms with E-state index < -0.39 is 0 Å². The van der Waals surface area contributed by atoms with Crippen molar-refractivity contribution in [3.63, 3.8) is 0 Å². The van der Waals surface area contributed by atoms with Crippen LogP contribution >= 0.6 is 22.9 Å². The smallest absolute Gasteiger partial charge is 0.263 e. The van der Waals surface area contributed by atoms with E-state index in [9.17, 15) is 4.79 Å². The molecule has 2 aromatic heterocycles. The van der Waals surface area contributed by atoms with Crippen molar-refractivity contribution < 1.29 is 4.79 Å². The van der Waals surface area contributed by atoms with Gasteiger partial charge >= 0.3 is 0 Å². The molecule has 7 heteroatoms. The zero-order valence-corrected chi connectivity index (χ0v) is 15.4. The molecule has 1 amide bonds. The minimum Gasteiger partial charge on any atom is -0.349 e. The average molecular weight is 365 g/mol. The molecule has 0 atom stereocenters. The largest absolute Gasteiger partial charge is 0.349 e. The monoisotopic (exact) mass is 364 g/mol. The third-order valence-corrected chi connectivity index (χ3v) is 5.61. The summed E-state index contributed by atoms with van der Waals surface area (Å²) in [4.78, 5) is 21.8. The number of rotatable bonds is 4. The van der Waals surface area contributed by atoms with Crippen LogP contribution in [0, 0.1) is 12.8 Å².